The van der Waals surface area contributed by atoms with Crippen LogP contribution in [0.5, 0.6) is 11.6 Å². The number of aromatic nitrogens is 3. The van der Waals surface area contributed by atoms with Gasteiger partial charge in [0.25, 0.3) is 0 Å². The summed E-state index contributed by atoms with van der Waals surface area (Å²) in [5, 5.41) is 2.37. The molecular formula is C37H35N3OPt. The number of hydrogen-bond acceptors (Lipinski definition) is 3. The number of pyridine rings is 2. The molecule has 0 N–H and O–H groups in total. The van der Waals surface area contributed by atoms with Crippen molar-refractivity contribution in [1.82, 2.24) is 14.5 Å². The Morgan fingerprint density at radius 1 is 0.643 bits per heavy atom. The van der Waals surface area contributed by atoms with Gasteiger partial charge in [0.15, 0.2) is 0 Å². The number of nitrogens with zero attached hydrogens (tertiary/aromatic N) is 3. The number of rotatable bonds is 7. The summed E-state index contributed by atoms with van der Waals surface area (Å²) >= 11 is 0. The summed E-state index contributed by atoms with van der Waals surface area (Å²) in [7, 11) is 0. The Balaban J connectivity index is 0.00000353. The quantitative estimate of drug-likeness (QED) is 0.154. The van der Waals surface area contributed by atoms with E-state index >= 15 is 0 Å². The number of benzene rings is 3. The third-order valence-corrected chi connectivity index (χ3v) is 7.73. The summed E-state index contributed by atoms with van der Waals surface area (Å²) in [5.41, 5.74) is 7.74. The molecule has 42 heavy (non-hydrogen) atoms. The summed E-state index contributed by atoms with van der Waals surface area (Å²) in [5.74, 6) is 3.34. The van der Waals surface area contributed by atoms with Gasteiger partial charge in [-0.3, -0.25) is 0 Å². The second-order valence-electron chi connectivity index (χ2n) is 11.6. The van der Waals surface area contributed by atoms with Crippen molar-refractivity contribution >= 4 is 21.8 Å². The van der Waals surface area contributed by atoms with Gasteiger partial charge in [0.1, 0.15) is 5.82 Å². The van der Waals surface area contributed by atoms with Crippen LogP contribution in [0.1, 0.15) is 76.0 Å². The van der Waals surface area contributed by atoms with E-state index in [2.05, 4.69) is 106 Å². The molecule has 0 aliphatic carbocycles. The Labute approximate surface area is 263 Å². The number of ether oxygens (including phenoxy) is 1. The minimum Gasteiger partial charge on any atom is -0.460 e. The van der Waals surface area contributed by atoms with Gasteiger partial charge >= 0.3 is 21.1 Å². The zero-order valence-electron chi connectivity index (χ0n) is 24.9. The van der Waals surface area contributed by atoms with Gasteiger partial charge in [-0.25, -0.2) is 21.1 Å². The Kier molecular flexibility index (Phi) is 8.66. The van der Waals surface area contributed by atoms with E-state index in [1.807, 2.05) is 36.5 Å². The summed E-state index contributed by atoms with van der Waals surface area (Å²) in [6.45, 7) is 13.2. The van der Waals surface area contributed by atoms with Crippen LogP contribution in [0.15, 0.2) is 85.2 Å². The topological polar surface area (TPSA) is 39.9 Å². The number of hydrogen-bond donors (Lipinski definition) is 0. The maximum absolute atomic E-state index is 6.14. The van der Waals surface area contributed by atoms with Crippen molar-refractivity contribution < 1.29 is 25.8 Å². The van der Waals surface area contributed by atoms with Crippen molar-refractivity contribution in [2.75, 3.05) is 0 Å². The average molecular weight is 733 g/mol. The van der Waals surface area contributed by atoms with Crippen LogP contribution in [0, 0.1) is 12.1 Å². The second-order valence-corrected chi connectivity index (χ2v) is 11.6. The van der Waals surface area contributed by atoms with Crippen molar-refractivity contribution in [3.8, 4) is 28.6 Å². The molecule has 0 aliphatic rings. The zero-order chi connectivity index (χ0) is 28.7. The van der Waals surface area contributed by atoms with Crippen LogP contribution in [0.25, 0.3) is 38.8 Å². The van der Waals surface area contributed by atoms with Gasteiger partial charge in [0.2, 0.25) is 5.88 Å². The van der Waals surface area contributed by atoms with Gasteiger partial charge < -0.3 is 9.30 Å². The SMILES string of the molecule is CC(C)c1ccnc(Oc2[c-]c(-c3[c-]c4c(cc3)c3cc(C(C)C)ccc3n4-c3cc(C(C)C)ccn3)ccc2)c1.[Pt+2]. The molecule has 0 aliphatic heterocycles. The monoisotopic (exact) mass is 732 g/mol. The molecule has 0 radical (unpaired) electrons. The molecule has 5 heteroatoms. The summed E-state index contributed by atoms with van der Waals surface area (Å²) in [6, 6.07) is 32.5. The van der Waals surface area contributed by atoms with E-state index in [0.717, 1.165) is 33.4 Å². The molecule has 214 valence electrons. The van der Waals surface area contributed by atoms with Gasteiger partial charge in [-0.1, -0.05) is 59.1 Å². The van der Waals surface area contributed by atoms with Crippen LogP contribution in [0.3, 0.4) is 0 Å². The first kappa shape index (κ1) is 29.7. The van der Waals surface area contributed by atoms with Crippen molar-refractivity contribution in [2.24, 2.45) is 0 Å². The molecule has 0 amide bonds. The molecule has 0 unspecified atom stereocenters. The summed E-state index contributed by atoms with van der Waals surface area (Å²) < 4.78 is 8.38. The molecule has 3 aromatic carbocycles. The molecule has 3 heterocycles. The van der Waals surface area contributed by atoms with E-state index in [0.29, 0.717) is 29.4 Å². The fourth-order valence-electron chi connectivity index (χ4n) is 5.25. The molecule has 0 atom stereocenters. The van der Waals surface area contributed by atoms with Crippen LogP contribution >= 0.6 is 0 Å². The third-order valence-electron chi connectivity index (χ3n) is 7.73. The molecule has 0 bridgehead atoms. The predicted molar refractivity (Wildman–Crippen MR) is 168 cm³/mol. The molecule has 6 rings (SSSR count). The van der Waals surface area contributed by atoms with Crippen molar-refractivity contribution in [3.63, 3.8) is 0 Å². The van der Waals surface area contributed by atoms with Crippen LogP contribution in [-0.4, -0.2) is 14.5 Å². The minimum absolute atomic E-state index is 0. The molecule has 0 saturated heterocycles. The maximum atomic E-state index is 6.14. The normalized spacial score (nSPS) is 11.5. The molecule has 0 spiro atoms. The molecule has 6 aromatic rings. The third kappa shape index (κ3) is 5.78. The van der Waals surface area contributed by atoms with Crippen LogP contribution in [-0.2, 0) is 21.1 Å². The zero-order valence-corrected chi connectivity index (χ0v) is 27.2. The molecule has 0 fully saturated rings. The molecular weight excluding hydrogens is 698 g/mol. The molecule has 4 nitrogen and oxygen atoms in total. The summed E-state index contributed by atoms with van der Waals surface area (Å²) in [6.07, 6.45) is 3.70. The Morgan fingerprint density at radius 2 is 1.31 bits per heavy atom. The number of fused-ring (bicyclic) bond motifs is 3. The van der Waals surface area contributed by atoms with E-state index in [1.165, 1.54) is 22.1 Å². The van der Waals surface area contributed by atoms with E-state index in [1.54, 1.807) is 6.20 Å². The standard InChI is InChI=1S/C37H35N3O.Pt/c1-23(2)26-11-13-34-33(19-26)32-12-10-30(20-35(32)40(34)36-21-27(24(3)4)14-16-38-36)29-8-7-9-31(18-29)41-37-22-28(25(5)6)15-17-39-37;/h7-17,19,21-25H,1-6H3;/q-2;+2. The van der Waals surface area contributed by atoms with E-state index in [-0.39, 0.29) is 21.1 Å². The van der Waals surface area contributed by atoms with Crippen LogP contribution in [0.2, 0.25) is 0 Å². The molecule has 3 aromatic heterocycles. The fourth-order valence-corrected chi connectivity index (χ4v) is 5.25. The summed E-state index contributed by atoms with van der Waals surface area (Å²) in [4.78, 5) is 9.22. The van der Waals surface area contributed by atoms with Gasteiger partial charge in [-0.05, 0) is 69.6 Å². The second kappa shape index (κ2) is 12.2. The Hall–Kier alpha value is -3.75. The predicted octanol–water partition coefficient (Wildman–Crippen LogP) is 10.0. The minimum atomic E-state index is 0. The van der Waals surface area contributed by atoms with Crippen molar-refractivity contribution in [1.29, 1.82) is 0 Å². The first-order chi connectivity index (χ1) is 19.8. The average Bonchev–Trinajstić information content (AvgIpc) is 3.30. The van der Waals surface area contributed by atoms with Crippen molar-refractivity contribution in [3.05, 3.63) is 114 Å². The maximum Gasteiger partial charge on any atom is 2.00 e. The van der Waals surface area contributed by atoms with E-state index in [9.17, 15) is 0 Å². The smallest absolute Gasteiger partial charge is 0.460 e. The Bertz CT molecular complexity index is 1870. The van der Waals surface area contributed by atoms with Gasteiger partial charge in [-0.2, -0.15) is 24.3 Å². The first-order valence-electron chi connectivity index (χ1n) is 14.4. The van der Waals surface area contributed by atoms with Gasteiger partial charge in [-0.15, -0.1) is 18.2 Å². The van der Waals surface area contributed by atoms with Crippen LogP contribution in [0.4, 0.5) is 0 Å². The largest absolute Gasteiger partial charge is 2.00 e. The Morgan fingerprint density at radius 3 is 2.05 bits per heavy atom. The van der Waals surface area contributed by atoms with Crippen LogP contribution < -0.4 is 4.74 Å². The van der Waals surface area contributed by atoms with E-state index < -0.39 is 0 Å². The first-order valence-corrected chi connectivity index (χ1v) is 14.4. The van der Waals surface area contributed by atoms with E-state index in [4.69, 9.17) is 9.72 Å². The fraction of sp³-hybridized carbons (Fsp3) is 0.243. The van der Waals surface area contributed by atoms with Crippen molar-refractivity contribution in [2.45, 2.75) is 59.3 Å². The van der Waals surface area contributed by atoms with Gasteiger partial charge in [0, 0.05) is 29.7 Å². The molecule has 0 saturated carbocycles. The van der Waals surface area contributed by atoms with Gasteiger partial charge in [0.05, 0.1) is 0 Å².